The van der Waals surface area contributed by atoms with Gasteiger partial charge < -0.3 is 0 Å². The molecule has 4 N–H and O–H groups in total. The van der Waals surface area contributed by atoms with Crippen molar-refractivity contribution < 1.29 is 35.8 Å². The third-order valence-corrected chi connectivity index (χ3v) is 6.58. The molecule has 0 saturated heterocycles. The van der Waals surface area contributed by atoms with Crippen LogP contribution in [-0.4, -0.2) is 47.4 Å². The zero-order chi connectivity index (χ0) is 22.3. The predicted molar refractivity (Wildman–Crippen MR) is 106 cm³/mol. The third kappa shape index (κ3) is 6.68. The molecule has 2 amide bonds. The molecule has 1 unspecified atom stereocenters. The number of nitrogens with one attached hydrogen (secondary N) is 2. The van der Waals surface area contributed by atoms with Crippen LogP contribution in [0.25, 0.3) is 0 Å². The second kappa shape index (κ2) is 10.00. The number of hydrogen-bond donors (Lipinski definition) is 4. The molecular formula is C19H21AsN2O8. The molecule has 0 saturated carbocycles. The zero-order valence-electron chi connectivity index (χ0n) is 16.2. The van der Waals surface area contributed by atoms with E-state index in [1.165, 1.54) is 13.8 Å². The number of benzene rings is 2. The molecule has 2 aromatic carbocycles. The number of rotatable bonds is 7. The van der Waals surface area contributed by atoms with Crippen LogP contribution in [0, 0.1) is 0 Å². The van der Waals surface area contributed by atoms with Crippen molar-refractivity contribution in [2.75, 3.05) is 5.32 Å². The minimum atomic E-state index is -5.38. The first kappa shape index (κ1) is 23.1. The van der Waals surface area contributed by atoms with E-state index in [9.17, 15) is 27.3 Å². The van der Waals surface area contributed by atoms with E-state index in [0.717, 1.165) is 23.8 Å². The monoisotopic (exact) mass is 480 g/mol. The Bertz CT molecular complexity index is 980. The summed E-state index contributed by atoms with van der Waals surface area (Å²) in [5, 5.41) is 14.2. The first-order chi connectivity index (χ1) is 14.1. The molecule has 0 heterocycles. The Labute approximate surface area is 175 Å². The summed E-state index contributed by atoms with van der Waals surface area (Å²) in [6.45, 7) is 2.44. The standard InChI is InChI=1S/C19H21AsN2O8/c1-12(21-19(26)29-11-14-6-4-3-5-7-14)18(25)30-20(27,28)15-8-9-17(24)16(10-15)22-13(2)23/h3-10,12,24H,11H2,1-2H3,(H,21,26)(H,22,23)(H,27,28)/t12-/m0/s1. The van der Waals surface area contributed by atoms with Crippen molar-refractivity contribution in [1.82, 2.24) is 5.32 Å². The number of phenols is 1. The first-order valence-electron chi connectivity index (χ1n) is 8.73. The second-order valence-electron chi connectivity index (χ2n) is 6.24. The van der Waals surface area contributed by atoms with Crippen molar-refractivity contribution in [2.45, 2.75) is 26.5 Å². The second-order valence-corrected chi connectivity index (χ2v) is 9.89. The molecule has 0 radical (unpaired) electrons. The van der Waals surface area contributed by atoms with Gasteiger partial charge in [-0.3, -0.25) is 0 Å². The fraction of sp³-hybridized carbons (Fsp3) is 0.211. The first-order valence-corrected chi connectivity index (χ1v) is 12.0. The van der Waals surface area contributed by atoms with Crippen molar-refractivity contribution in [1.29, 1.82) is 0 Å². The number of hydrogen-bond acceptors (Lipinski definition) is 7. The van der Waals surface area contributed by atoms with Crippen molar-refractivity contribution in [3.8, 4) is 5.75 Å². The van der Waals surface area contributed by atoms with Crippen LogP contribution in [0.3, 0.4) is 0 Å². The topological polar surface area (TPSA) is 151 Å². The van der Waals surface area contributed by atoms with Crippen LogP contribution < -0.4 is 15.0 Å². The van der Waals surface area contributed by atoms with Gasteiger partial charge in [0.25, 0.3) is 0 Å². The molecule has 11 heteroatoms. The summed E-state index contributed by atoms with van der Waals surface area (Å²) in [7, 11) is 0. The van der Waals surface area contributed by atoms with Crippen LogP contribution in [-0.2, 0) is 28.4 Å². The number of amides is 2. The Morgan fingerprint density at radius 3 is 2.43 bits per heavy atom. The molecule has 2 rings (SSSR count). The molecule has 0 aliphatic heterocycles. The Balaban J connectivity index is 1.97. The minimum absolute atomic E-state index is 0.0177. The fourth-order valence-corrected chi connectivity index (χ4v) is 4.47. The average molecular weight is 480 g/mol. The molecule has 2 atom stereocenters. The summed E-state index contributed by atoms with van der Waals surface area (Å²) in [5.41, 5.74) is 0.635. The van der Waals surface area contributed by atoms with E-state index in [0.29, 0.717) is 0 Å². The molecule has 0 spiro atoms. The molecule has 10 nitrogen and oxygen atoms in total. The van der Waals surface area contributed by atoms with Gasteiger partial charge in [-0.1, -0.05) is 0 Å². The molecule has 2 aromatic rings. The molecule has 0 aliphatic rings. The van der Waals surface area contributed by atoms with E-state index in [4.69, 9.17) is 8.46 Å². The van der Waals surface area contributed by atoms with Crippen LogP contribution in [0.5, 0.6) is 5.75 Å². The van der Waals surface area contributed by atoms with Gasteiger partial charge in [0.2, 0.25) is 0 Å². The number of alkyl carbamates (subject to hydrolysis) is 1. The van der Waals surface area contributed by atoms with Gasteiger partial charge in [-0.15, -0.1) is 0 Å². The quantitative estimate of drug-likeness (QED) is 0.335. The number of aromatic hydroxyl groups is 1. The average Bonchev–Trinajstić information content (AvgIpc) is 2.68. The van der Waals surface area contributed by atoms with Crippen molar-refractivity contribution in [3.63, 3.8) is 0 Å². The van der Waals surface area contributed by atoms with Gasteiger partial charge in [0.1, 0.15) is 0 Å². The van der Waals surface area contributed by atoms with Crippen molar-refractivity contribution in [2.24, 2.45) is 0 Å². The predicted octanol–water partition coefficient (Wildman–Crippen LogP) is 0.777. The molecule has 0 fully saturated rings. The summed E-state index contributed by atoms with van der Waals surface area (Å²) < 4.78 is 32.1. The van der Waals surface area contributed by atoms with Crippen LogP contribution in [0.15, 0.2) is 48.5 Å². The maximum absolute atomic E-state index is 12.5. The maximum atomic E-state index is 12.5. The van der Waals surface area contributed by atoms with Crippen molar-refractivity contribution >= 4 is 42.2 Å². The van der Waals surface area contributed by atoms with E-state index in [-0.39, 0.29) is 22.4 Å². The molecular weight excluding hydrogens is 459 g/mol. The van der Waals surface area contributed by atoms with E-state index >= 15 is 0 Å². The Morgan fingerprint density at radius 2 is 1.80 bits per heavy atom. The van der Waals surface area contributed by atoms with Crippen LogP contribution in [0.1, 0.15) is 19.4 Å². The Hall–Kier alpha value is -3.23. The van der Waals surface area contributed by atoms with Gasteiger partial charge in [-0.05, 0) is 0 Å². The van der Waals surface area contributed by atoms with Gasteiger partial charge in [-0.2, -0.15) is 0 Å². The van der Waals surface area contributed by atoms with Gasteiger partial charge in [0.15, 0.2) is 0 Å². The molecule has 0 bridgehead atoms. The third-order valence-electron chi connectivity index (χ3n) is 3.73. The van der Waals surface area contributed by atoms with Crippen LogP contribution in [0.4, 0.5) is 10.5 Å². The SMILES string of the molecule is CC(=O)Nc1cc([As](=O)(O)OC(=O)[C@H](C)NC(=O)OCc2ccccc2)ccc1O. The van der Waals surface area contributed by atoms with Crippen LogP contribution >= 0.6 is 0 Å². The Morgan fingerprint density at radius 1 is 1.13 bits per heavy atom. The molecule has 30 heavy (non-hydrogen) atoms. The van der Waals surface area contributed by atoms with E-state index in [1.807, 2.05) is 6.07 Å². The van der Waals surface area contributed by atoms with Crippen molar-refractivity contribution in [3.05, 3.63) is 54.1 Å². The molecule has 0 aliphatic carbocycles. The molecule has 160 valence electrons. The Kier molecular flexibility index (Phi) is 7.68. The number of anilines is 1. The van der Waals surface area contributed by atoms with Crippen LogP contribution in [0.2, 0.25) is 0 Å². The van der Waals surface area contributed by atoms with E-state index in [2.05, 4.69) is 10.6 Å². The van der Waals surface area contributed by atoms with Gasteiger partial charge in [0.05, 0.1) is 0 Å². The summed E-state index contributed by atoms with van der Waals surface area (Å²) in [5.74, 6) is -1.98. The van der Waals surface area contributed by atoms with Gasteiger partial charge >= 0.3 is 175 Å². The molecule has 0 aromatic heterocycles. The summed E-state index contributed by atoms with van der Waals surface area (Å²) in [4.78, 5) is 35.1. The van der Waals surface area contributed by atoms with E-state index < -0.39 is 38.2 Å². The number of ether oxygens (including phenoxy) is 1. The zero-order valence-corrected chi connectivity index (χ0v) is 18.1. The summed E-state index contributed by atoms with van der Waals surface area (Å²) in [6.07, 6.45) is -0.902. The van der Waals surface area contributed by atoms with Gasteiger partial charge in [-0.25, -0.2) is 0 Å². The summed E-state index contributed by atoms with van der Waals surface area (Å²) >= 11 is -5.38. The number of carbonyl (C=O) groups is 3. The van der Waals surface area contributed by atoms with E-state index in [1.54, 1.807) is 24.3 Å². The van der Waals surface area contributed by atoms with Gasteiger partial charge in [0, 0.05) is 0 Å². The summed E-state index contributed by atoms with van der Waals surface area (Å²) in [6, 6.07) is 10.8. The fourth-order valence-electron chi connectivity index (χ4n) is 2.24. The number of carbonyl (C=O) groups excluding carboxylic acids is 3. The normalized spacial score (nSPS) is 13.4. The number of phenolic OH excluding ortho intramolecular Hbond substituents is 1.